The number of ether oxygens (including phenoxy) is 1. The summed E-state index contributed by atoms with van der Waals surface area (Å²) in [6, 6.07) is 21.6. The lowest BCUT2D eigenvalue weighted by Gasteiger charge is -2.32. The van der Waals surface area contributed by atoms with E-state index in [-0.39, 0.29) is 30.2 Å². The van der Waals surface area contributed by atoms with Gasteiger partial charge in [0.2, 0.25) is 5.84 Å². The molecule has 2 atom stereocenters. The number of nitrogens with zero attached hydrogens (tertiary/aromatic N) is 4. The fraction of sp³-hybridized carbons (Fsp3) is 0.371. The lowest BCUT2D eigenvalue weighted by Crippen LogP contribution is -2.52. The standard InChI is InChI=1S/C35H40N6O3S/c1-22(2)33-37-31-16-13-24(21-40(31)33)44-29-15-14-28(26-11-6-7-12-27(26)29)36-34(43)38-32-20-30(35(3,4)5)39-41(32)23-9-8-10-25(19-23)45-18-17-42/h6-13,16,19-22,28-29,42H,14-15,17-18H2,1-5H3,(H-,36,38,39,43)/p+1. The van der Waals surface area contributed by atoms with E-state index in [0.717, 1.165) is 57.6 Å². The molecule has 0 saturated heterocycles. The minimum Gasteiger partial charge on any atom is -0.483 e. The predicted molar refractivity (Wildman–Crippen MR) is 178 cm³/mol. The number of carbonyl (C=O) groups is 1. The fourth-order valence-electron chi connectivity index (χ4n) is 5.75. The topological polar surface area (TPSA) is 105 Å². The molecule has 1 aliphatic heterocycles. The number of anilines is 1. The maximum Gasteiger partial charge on any atom is 0.320 e. The van der Waals surface area contributed by atoms with E-state index in [1.807, 2.05) is 60.8 Å². The molecule has 6 rings (SSSR count). The van der Waals surface area contributed by atoms with Crippen LogP contribution < -0.4 is 19.9 Å². The summed E-state index contributed by atoms with van der Waals surface area (Å²) in [4.78, 5) is 19.1. The second-order valence-electron chi connectivity index (χ2n) is 12.8. The van der Waals surface area contributed by atoms with Gasteiger partial charge in [-0.2, -0.15) is 9.67 Å². The molecule has 4 aromatic rings. The van der Waals surface area contributed by atoms with Crippen LogP contribution in [0.25, 0.3) is 5.69 Å². The second-order valence-corrected chi connectivity index (χ2v) is 14.0. The number of rotatable bonds is 9. The van der Waals surface area contributed by atoms with Gasteiger partial charge in [-0.05, 0) is 48.2 Å². The first-order valence-electron chi connectivity index (χ1n) is 15.5. The second kappa shape index (κ2) is 12.7. The number of aliphatic hydroxyl groups is 1. The summed E-state index contributed by atoms with van der Waals surface area (Å²) < 4.78 is 10.4. The summed E-state index contributed by atoms with van der Waals surface area (Å²) in [7, 11) is 0. The Labute approximate surface area is 268 Å². The van der Waals surface area contributed by atoms with Gasteiger partial charge >= 0.3 is 6.03 Å². The molecule has 0 saturated carbocycles. The van der Waals surface area contributed by atoms with Crippen LogP contribution in [0.3, 0.4) is 0 Å². The molecule has 1 aliphatic carbocycles. The van der Waals surface area contributed by atoms with Crippen LogP contribution in [0.5, 0.6) is 5.75 Å². The zero-order valence-corrected chi connectivity index (χ0v) is 27.3. The normalized spacial score (nSPS) is 17.2. The van der Waals surface area contributed by atoms with Gasteiger partial charge in [0.1, 0.15) is 18.1 Å². The third-order valence-corrected chi connectivity index (χ3v) is 9.03. The number of aliphatic imine (C=N–C) groups is 1. The lowest BCUT2D eigenvalue weighted by molar-refractivity contribution is -0.562. The van der Waals surface area contributed by atoms with Gasteiger partial charge in [-0.25, -0.2) is 9.48 Å². The summed E-state index contributed by atoms with van der Waals surface area (Å²) >= 11 is 1.58. The number of aliphatic hydroxyl groups excluding tert-OH is 1. The van der Waals surface area contributed by atoms with Crippen molar-refractivity contribution in [1.82, 2.24) is 15.1 Å². The molecule has 2 aromatic heterocycles. The van der Waals surface area contributed by atoms with E-state index < -0.39 is 0 Å². The van der Waals surface area contributed by atoms with E-state index >= 15 is 0 Å². The number of thioether (sulfide) groups is 1. The van der Waals surface area contributed by atoms with Gasteiger partial charge in [-0.3, -0.25) is 5.32 Å². The molecular weight excluding hydrogens is 584 g/mol. The Bertz CT molecular complexity index is 1740. The van der Waals surface area contributed by atoms with E-state index in [4.69, 9.17) is 9.84 Å². The SMILES string of the molecule is CC(C)C1=Nc2ccc(OC3CCC(NC(=O)Nc4cc(C(C)(C)C)nn4-c4cccc(SCCO)c4)c4ccccc43)c[n+]21. The van der Waals surface area contributed by atoms with Crippen molar-refractivity contribution < 1.29 is 19.2 Å². The van der Waals surface area contributed by atoms with Crippen LogP contribution in [0.1, 0.15) is 76.4 Å². The lowest BCUT2D eigenvalue weighted by atomic mass is 9.85. The number of hydrogen-bond donors (Lipinski definition) is 3. The molecule has 0 fully saturated rings. The number of carbonyl (C=O) groups excluding carboxylic acids is 1. The maximum atomic E-state index is 13.5. The van der Waals surface area contributed by atoms with Crippen LogP contribution in [0, 0.1) is 5.92 Å². The Balaban J connectivity index is 1.19. The number of aromatic nitrogens is 3. The molecule has 3 heterocycles. The number of nitrogens with one attached hydrogen (secondary N) is 2. The Morgan fingerprint density at radius 3 is 2.64 bits per heavy atom. The third kappa shape index (κ3) is 6.62. The predicted octanol–water partition coefficient (Wildman–Crippen LogP) is 6.87. The molecule has 0 bridgehead atoms. The molecule has 2 aromatic carbocycles. The number of urea groups is 1. The molecule has 0 radical (unpaired) electrons. The molecule has 3 N–H and O–H groups in total. The van der Waals surface area contributed by atoms with E-state index in [9.17, 15) is 9.90 Å². The first kappa shape index (κ1) is 30.9. The van der Waals surface area contributed by atoms with Gasteiger partial charge in [-0.15, -0.1) is 11.8 Å². The highest BCUT2D eigenvalue weighted by Crippen LogP contribution is 2.39. The monoisotopic (exact) mass is 625 g/mol. The van der Waals surface area contributed by atoms with Crippen LogP contribution in [0.2, 0.25) is 0 Å². The number of hydrogen-bond acceptors (Lipinski definition) is 6. The van der Waals surface area contributed by atoms with Crippen molar-refractivity contribution in [3.05, 3.63) is 89.7 Å². The van der Waals surface area contributed by atoms with Crippen LogP contribution in [0.15, 0.2) is 82.8 Å². The molecule has 0 spiro atoms. The first-order chi connectivity index (χ1) is 21.6. The van der Waals surface area contributed by atoms with Crippen molar-refractivity contribution >= 4 is 35.3 Å². The zero-order chi connectivity index (χ0) is 31.7. The molecular formula is C35H41N6O3S+. The van der Waals surface area contributed by atoms with Crippen molar-refractivity contribution in [3.63, 3.8) is 0 Å². The highest BCUT2D eigenvalue weighted by Gasteiger charge is 2.32. The van der Waals surface area contributed by atoms with Crippen LogP contribution in [0.4, 0.5) is 16.4 Å². The van der Waals surface area contributed by atoms with Crippen molar-refractivity contribution in [2.45, 2.75) is 69.9 Å². The number of pyridine rings is 1. The van der Waals surface area contributed by atoms with Crippen LogP contribution >= 0.6 is 11.8 Å². The van der Waals surface area contributed by atoms with Gasteiger partial charge in [0.25, 0.3) is 5.82 Å². The Morgan fingerprint density at radius 2 is 1.89 bits per heavy atom. The van der Waals surface area contributed by atoms with Crippen molar-refractivity contribution in [1.29, 1.82) is 0 Å². The highest BCUT2D eigenvalue weighted by molar-refractivity contribution is 7.99. The Hall–Kier alpha value is -4.15. The van der Waals surface area contributed by atoms with Crippen molar-refractivity contribution in [2.24, 2.45) is 10.9 Å². The molecule has 10 heteroatoms. The molecule has 9 nitrogen and oxygen atoms in total. The van der Waals surface area contributed by atoms with Gasteiger partial charge in [0.15, 0.2) is 5.75 Å². The van der Waals surface area contributed by atoms with Gasteiger partial charge in [0.05, 0.1) is 24.0 Å². The van der Waals surface area contributed by atoms with E-state index in [2.05, 4.69) is 66.9 Å². The number of fused-ring (bicyclic) bond motifs is 2. The van der Waals surface area contributed by atoms with Gasteiger partial charge in [0, 0.05) is 34.1 Å². The molecule has 45 heavy (non-hydrogen) atoms. The molecule has 234 valence electrons. The summed E-state index contributed by atoms with van der Waals surface area (Å²) in [5.41, 5.74) is 3.64. The molecule has 2 aliphatic rings. The minimum absolute atomic E-state index is 0.108. The number of amides is 2. The van der Waals surface area contributed by atoms with Crippen LogP contribution in [-0.4, -0.2) is 39.1 Å². The van der Waals surface area contributed by atoms with E-state index in [1.165, 1.54) is 0 Å². The molecule has 2 amide bonds. The summed E-state index contributed by atoms with van der Waals surface area (Å²) in [6.07, 6.45) is 3.41. The number of benzene rings is 2. The Kier molecular flexibility index (Phi) is 8.70. The Morgan fingerprint density at radius 1 is 1.09 bits per heavy atom. The van der Waals surface area contributed by atoms with Crippen LogP contribution in [-0.2, 0) is 5.41 Å². The summed E-state index contributed by atoms with van der Waals surface area (Å²) in [5.74, 6) is 4.32. The minimum atomic E-state index is -0.291. The maximum absolute atomic E-state index is 13.5. The summed E-state index contributed by atoms with van der Waals surface area (Å²) in [6.45, 7) is 10.7. The van der Waals surface area contributed by atoms with Crippen molar-refractivity contribution in [3.8, 4) is 11.4 Å². The smallest absolute Gasteiger partial charge is 0.320 e. The molecule has 2 unspecified atom stereocenters. The van der Waals surface area contributed by atoms with Gasteiger partial charge < -0.3 is 15.2 Å². The first-order valence-corrected chi connectivity index (χ1v) is 16.5. The third-order valence-electron chi connectivity index (χ3n) is 8.05. The van der Waals surface area contributed by atoms with Crippen molar-refractivity contribution in [2.75, 3.05) is 17.7 Å². The average Bonchev–Trinajstić information content (AvgIpc) is 3.43. The van der Waals surface area contributed by atoms with Gasteiger partial charge in [-0.1, -0.05) is 69.9 Å². The average molecular weight is 626 g/mol. The largest absolute Gasteiger partial charge is 0.483 e. The fourth-order valence-corrected chi connectivity index (χ4v) is 6.46. The zero-order valence-electron chi connectivity index (χ0n) is 26.4. The van der Waals surface area contributed by atoms with E-state index in [1.54, 1.807) is 16.4 Å². The van der Waals surface area contributed by atoms with E-state index in [0.29, 0.717) is 17.5 Å². The highest BCUT2D eigenvalue weighted by atomic mass is 32.2. The summed E-state index contributed by atoms with van der Waals surface area (Å²) in [5, 5.41) is 20.4. The quantitative estimate of drug-likeness (QED) is 0.139.